The quantitative estimate of drug-likeness (QED) is 0.837. The Balaban J connectivity index is 2.24. The molecular formula is C13H14F5N. The van der Waals surface area contributed by atoms with Crippen LogP contribution in [0.15, 0.2) is 24.3 Å². The minimum Gasteiger partial charge on any atom is -0.330 e. The van der Waals surface area contributed by atoms with Crippen LogP contribution in [-0.4, -0.2) is 12.5 Å². The van der Waals surface area contributed by atoms with Crippen molar-refractivity contribution < 1.29 is 22.0 Å². The van der Waals surface area contributed by atoms with Gasteiger partial charge in [0.1, 0.15) is 0 Å². The van der Waals surface area contributed by atoms with Crippen molar-refractivity contribution in [3.05, 3.63) is 35.4 Å². The topological polar surface area (TPSA) is 26.0 Å². The predicted molar refractivity (Wildman–Crippen MR) is 60.9 cm³/mol. The lowest BCUT2D eigenvalue weighted by Gasteiger charge is -2.23. The van der Waals surface area contributed by atoms with Gasteiger partial charge in [-0.1, -0.05) is 19.1 Å². The first kappa shape index (κ1) is 14.2. The van der Waals surface area contributed by atoms with Crippen LogP contribution in [0.1, 0.15) is 30.4 Å². The fourth-order valence-corrected chi connectivity index (χ4v) is 2.50. The number of nitrogens with two attached hydrogens (primary N) is 1. The predicted octanol–water partition coefficient (Wildman–Crippen LogP) is 3.79. The Morgan fingerprint density at radius 3 is 2.00 bits per heavy atom. The van der Waals surface area contributed by atoms with Crippen molar-refractivity contribution in [2.45, 2.75) is 31.4 Å². The van der Waals surface area contributed by atoms with Gasteiger partial charge in [-0.15, -0.1) is 0 Å². The standard InChI is InChI=1S/C13H14F5N/c1-8(11(7-19)6-12(11,14)15)9-2-4-10(5-3-9)13(16,17)18/h2-5,8H,6-7,19H2,1H3. The van der Waals surface area contributed by atoms with Crippen LogP contribution in [0.2, 0.25) is 0 Å². The summed E-state index contributed by atoms with van der Waals surface area (Å²) in [6, 6.07) is 4.33. The highest BCUT2D eigenvalue weighted by Crippen LogP contribution is 2.66. The maximum atomic E-state index is 13.4. The van der Waals surface area contributed by atoms with Crippen LogP contribution in [0.25, 0.3) is 0 Å². The molecule has 2 unspecified atom stereocenters. The molecule has 2 N–H and O–H groups in total. The fraction of sp³-hybridized carbons (Fsp3) is 0.538. The van der Waals surface area contributed by atoms with E-state index in [0.717, 1.165) is 12.1 Å². The molecule has 0 spiro atoms. The number of benzene rings is 1. The van der Waals surface area contributed by atoms with Gasteiger partial charge in [-0.05, 0) is 23.6 Å². The summed E-state index contributed by atoms with van der Waals surface area (Å²) >= 11 is 0. The van der Waals surface area contributed by atoms with Gasteiger partial charge in [-0.2, -0.15) is 13.2 Å². The Morgan fingerprint density at radius 2 is 1.68 bits per heavy atom. The maximum Gasteiger partial charge on any atom is 0.416 e. The summed E-state index contributed by atoms with van der Waals surface area (Å²) in [4.78, 5) is 0. The van der Waals surface area contributed by atoms with Gasteiger partial charge in [0.25, 0.3) is 5.92 Å². The molecule has 1 saturated carbocycles. The van der Waals surface area contributed by atoms with Crippen molar-refractivity contribution in [3.63, 3.8) is 0 Å². The van der Waals surface area contributed by atoms with Crippen molar-refractivity contribution in [3.8, 4) is 0 Å². The van der Waals surface area contributed by atoms with Gasteiger partial charge in [0, 0.05) is 13.0 Å². The first-order valence-corrected chi connectivity index (χ1v) is 5.89. The van der Waals surface area contributed by atoms with Crippen LogP contribution in [-0.2, 0) is 6.18 Å². The Hall–Kier alpha value is -1.17. The number of alkyl halides is 5. The van der Waals surface area contributed by atoms with E-state index in [2.05, 4.69) is 0 Å². The van der Waals surface area contributed by atoms with Crippen LogP contribution in [0, 0.1) is 5.41 Å². The monoisotopic (exact) mass is 279 g/mol. The summed E-state index contributed by atoms with van der Waals surface area (Å²) in [7, 11) is 0. The third kappa shape index (κ3) is 2.22. The van der Waals surface area contributed by atoms with Gasteiger partial charge in [0.05, 0.1) is 11.0 Å². The normalized spacial score (nSPS) is 27.1. The van der Waals surface area contributed by atoms with Gasteiger partial charge in [0.2, 0.25) is 0 Å². The summed E-state index contributed by atoms with van der Waals surface area (Å²) in [6.07, 6.45) is -4.73. The lowest BCUT2D eigenvalue weighted by Crippen LogP contribution is -2.28. The van der Waals surface area contributed by atoms with Crippen LogP contribution < -0.4 is 5.73 Å². The van der Waals surface area contributed by atoms with Crippen LogP contribution in [0.3, 0.4) is 0 Å². The van der Waals surface area contributed by atoms with E-state index in [9.17, 15) is 22.0 Å². The van der Waals surface area contributed by atoms with Gasteiger partial charge in [0.15, 0.2) is 0 Å². The largest absolute Gasteiger partial charge is 0.416 e. The molecule has 1 aromatic rings. The lowest BCUT2D eigenvalue weighted by molar-refractivity contribution is -0.137. The zero-order chi connectivity index (χ0) is 14.5. The number of rotatable bonds is 3. The summed E-state index contributed by atoms with van der Waals surface area (Å²) in [5.41, 5.74) is 3.78. The molecule has 2 rings (SSSR count). The van der Waals surface area contributed by atoms with Crippen LogP contribution in [0.4, 0.5) is 22.0 Å². The summed E-state index contributed by atoms with van der Waals surface area (Å²) in [6.45, 7) is 1.40. The Kier molecular flexibility index (Phi) is 3.12. The molecule has 0 bridgehead atoms. The summed E-state index contributed by atoms with van der Waals surface area (Å²) in [5, 5.41) is 0. The first-order chi connectivity index (χ1) is 8.64. The second-order valence-corrected chi connectivity index (χ2v) is 5.08. The average molecular weight is 279 g/mol. The van der Waals surface area contributed by atoms with Crippen molar-refractivity contribution in [1.82, 2.24) is 0 Å². The van der Waals surface area contributed by atoms with Crippen LogP contribution in [0.5, 0.6) is 0 Å². The number of hydrogen-bond acceptors (Lipinski definition) is 1. The minimum atomic E-state index is -4.42. The number of halogens is 5. The molecule has 0 heterocycles. The molecule has 6 heteroatoms. The highest BCUT2D eigenvalue weighted by atomic mass is 19.4. The Labute approximate surface area is 107 Å². The molecular weight excluding hydrogens is 265 g/mol. The molecule has 0 saturated heterocycles. The highest BCUT2D eigenvalue weighted by molar-refractivity contribution is 5.32. The molecule has 1 aliphatic carbocycles. The molecule has 1 fully saturated rings. The third-order valence-corrected chi connectivity index (χ3v) is 4.07. The second-order valence-electron chi connectivity index (χ2n) is 5.08. The highest BCUT2D eigenvalue weighted by Gasteiger charge is 2.72. The van der Waals surface area contributed by atoms with E-state index in [0.29, 0.717) is 5.56 Å². The molecule has 106 valence electrons. The molecule has 1 aromatic carbocycles. The van der Waals surface area contributed by atoms with E-state index < -0.39 is 29.0 Å². The van der Waals surface area contributed by atoms with E-state index in [1.807, 2.05) is 0 Å². The van der Waals surface area contributed by atoms with E-state index >= 15 is 0 Å². The Bertz CT molecular complexity index is 465. The SMILES string of the molecule is CC(c1ccc(C(F)(F)F)cc1)C1(CN)CC1(F)F. The van der Waals surface area contributed by atoms with Crippen molar-refractivity contribution >= 4 is 0 Å². The van der Waals surface area contributed by atoms with Gasteiger partial charge >= 0.3 is 6.18 Å². The minimum absolute atomic E-state index is 0.178. The van der Waals surface area contributed by atoms with Gasteiger partial charge < -0.3 is 5.73 Å². The number of hydrogen-bond donors (Lipinski definition) is 1. The first-order valence-electron chi connectivity index (χ1n) is 5.89. The summed E-state index contributed by atoms with van der Waals surface area (Å²) < 4.78 is 64.0. The maximum absolute atomic E-state index is 13.4. The van der Waals surface area contributed by atoms with Crippen LogP contribution >= 0.6 is 0 Å². The molecule has 0 aliphatic heterocycles. The Morgan fingerprint density at radius 1 is 1.21 bits per heavy atom. The smallest absolute Gasteiger partial charge is 0.330 e. The molecule has 19 heavy (non-hydrogen) atoms. The van der Waals surface area contributed by atoms with Gasteiger partial charge in [-0.3, -0.25) is 0 Å². The van der Waals surface area contributed by atoms with E-state index in [-0.39, 0.29) is 13.0 Å². The zero-order valence-electron chi connectivity index (χ0n) is 10.3. The molecule has 0 aromatic heterocycles. The summed E-state index contributed by atoms with van der Waals surface area (Å²) in [5.74, 6) is -3.40. The zero-order valence-corrected chi connectivity index (χ0v) is 10.3. The third-order valence-electron chi connectivity index (χ3n) is 4.07. The second kappa shape index (κ2) is 4.16. The average Bonchev–Trinajstić information content (AvgIpc) is 2.91. The van der Waals surface area contributed by atoms with Gasteiger partial charge in [-0.25, -0.2) is 8.78 Å². The lowest BCUT2D eigenvalue weighted by atomic mass is 9.84. The van der Waals surface area contributed by atoms with Crippen molar-refractivity contribution in [1.29, 1.82) is 0 Å². The van der Waals surface area contributed by atoms with Crippen molar-refractivity contribution in [2.75, 3.05) is 6.54 Å². The molecule has 1 aliphatic rings. The molecule has 0 amide bonds. The molecule has 1 nitrogen and oxygen atoms in total. The molecule has 0 radical (unpaired) electrons. The van der Waals surface area contributed by atoms with E-state index in [1.54, 1.807) is 6.92 Å². The fourth-order valence-electron chi connectivity index (χ4n) is 2.50. The van der Waals surface area contributed by atoms with Crippen molar-refractivity contribution in [2.24, 2.45) is 11.1 Å². The molecule has 2 atom stereocenters. The van der Waals surface area contributed by atoms with E-state index in [4.69, 9.17) is 5.73 Å². The van der Waals surface area contributed by atoms with E-state index in [1.165, 1.54) is 12.1 Å².